The molecule has 0 aromatic heterocycles. The van der Waals surface area contributed by atoms with Crippen molar-refractivity contribution in [2.75, 3.05) is 29.4 Å². The van der Waals surface area contributed by atoms with Gasteiger partial charge in [-0.3, -0.25) is 9.10 Å². The Kier molecular flexibility index (Phi) is 8.66. The largest absolute Gasteiger partial charge is 0.354 e. The van der Waals surface area contributed by atoms with Crippen LogP contribution in [0.3, 0.4) is 0 Å². The van der Waals surface area contributed by atoms with Gasteiger partial charge in [-0.25, -0.2) is 8.42 Å². The maximum absolute atomic E-state index is 12.2. The van der Waals surface area contributed by atoms with E-state index in [1.54, 1.807) is 23.9 Å². The average Bonchev–Trinajstić information content (AvgIpc) is 2.64. The number of halogens is 1. The van der Waals surface area contributed by atoms with Gasteiger partial charge in [-0.15, -0.1) is 0 Å². The number of anilines is 1. The molecule has 28 heavy (non-hydrogen) atoms. The molecular weight excluding hydrogens is 416 g/mol. The van der Waals surface area contributed by atoms with Gasteiger partial charge in [0.15, 0.2) is 0 Å². The standard InChI is InChI=1S/C20H25ClN2O3S2/c1-16-8-3-6-11-19(16)23(28(2,25)26)14-20(24)22-12-7-13-27-15-17-9-4-5-10-18(17)21/h3-6,8-11H,7,12-15H2,1-2H3,(H,22,24). The number of aryl methyl sites for hydroxylation is 1. The number of rotatable bonds is 10. The summed E-state index contributed by atoms with van der Waals surface area (Å²) in [6.45, 7) is 2.10. The van der Waals surface area contributed by atoms with E-state index in [9.17, 15) is 13.2 Å². The Morgan fingerprint density at radius 1 is 1.14 bits per heavy atom. The SMILES string of the molecule is Cc1ccccc1N(CC(=O)NCCCSCc1ccccc1Cl)S(C)(=O)=O. The Morgan fingerprint density at radius 2 is 1.82 bits per heavy atom. The number of carbonyl (C=O) groups excluding carboxylic acids is 1. The quantitative estimate of drug-likeness (QED) is 0.570. The molecule has 0 spiro atoms. The third-order valence-electron chi connectivity index (χ3n) is 4.07. The van der Waals surface area contributed by atoms with E-state index in [4.69, 9.17) is 11.6 Å². The summed E-state index contributed by atoms with van der Waals surface area (Å²) in [4.78, 5) is 12.2. The number of nitrogens with zero attached hydrogens (tertiary/aromatic N) is 1. The lowest BCUT2D eigenvalue weighted by atomic mass is 10.2. The lowest BCUT2D eigenvalue weighted by molar-refractivity contribution is -0.119. The second-order valence-corrected chi connectivity index (χ2v) is 9.82. The molecule has 0 radical (unpaired) electrons. The normalized spacial score (nSPS) is 11.2. The Balaban J connectivity index is 1.77. The van der Waals surface area contributed by atoms with Crippen LogP contribution in [0.2, 0.25) is 5.02 Å². The Labute approximate surface area is 176 Å². The molecule has 0 aliphatic heterocycles. The van der Waals surface area contributed by atoms with E-state index < -0.39 is 10.0 Å². The molecule has 1 N–H and O–H groups in total. The van der Waals surface area contributed by atoms with Crippen molar-refractivity contribution in [2.24, 2.45) is 0 Å². The van der Waals surface area contributed by atoms with Gasteiger partial charge >= 0.3 is 0 Å². The van der Waals surface area contributed by atoms with Crippen molar-refractivity contribution in [1.82, 2.24) is 5.32 Å². The van der Waals surface area contributed by atoms with Gasteiger partial charge in [0, 0.05) is 17.3 Å². The Hall–Kier alpha value is -1.70. The van der Waals surface area contributed by atoms with Gasteiger partial charge in [-0.1, -0.05) is 48.0 Å². The summed E-state index contributed by atoms with van der Waals surface area (Å²) in [7, 11) is -3.55. The highest BCUT2D eigenvalue weighted by atomic mass is 35.5. The first-order valence-corrected chi connectivity index (χ1v) is 12.3. The first-order valence-electron chi connectivity index (χ1n) is 8.90. The molecule has 0 fully saturated rings. The minimum Gasteiger partial charge on any atom is -0.354 e. The molecule has 0 aliphatic rings. The first-order chi connectivity index (χ1) is 13.3. The molecule has 0 aliphatic carbocycles. The first kappa shape index (κ1) is 22.6. The average molecular weight is 441 g/mol. The second kappa shape index (κ2) is 10.7. The van der Waals surface area contributed by atoms with Crippen molar-refractivity contribution in [3.8, 4) is 0 Å². The predicted octanol–water partition coefficient (Wildman–Crippen LogP) is 3.85. The van der Waals surface area contributed by atoms with Gasteiger partial charge in [-0.2, -0.15) is 11.8 Å². The van der Waals surface area contributed by atoms with Crippen LogP contribution in [0.5, 0.6) is 0 Å². The molecule has 0 heterocycles. The van der Waals surface area contributed by atoms with E-state index in [1.165, 1.54) is 0 Å². The minimum atomic E-state index is -3.55. The summed E-state index contributed by atoms with van der Waals surface area (Å²) in [6, 6.07) is 14.9. The third-order valence-corrected chi connectivity index (χ3v) is 6.66. The van der Waals surface area contributed by atoms with Crippen LogP contribution >= 0.6 is 23.4 Å². The molecule has 2 rings (SSSR count). The summed E-state index contributed by atoms with van der Waals surface area (Å²) in [5.41, 5.74) is 2.42. The second-order valence-electron chi connectivity index (χ2n) is 6.40. The highest BCUT2D eigenvalue weighted by Gasteiger charge is 2.21. The van der Waals surface area contributed by atoms with E-state index in [-0.39, 0.29) is 12.5 Å². The maximum atomic E-state index is 12.2. The fraction of sp³-hybridized carbons (Fsp3) is 0.350. The number of benzene rings is 2. The summed E-state index contributed by atoms with van der Waals surface area (Å²) in [5, 5.41) is 3.56. The van der Waals surface area contributed by atoms with Crippen LogP contribution in [0.25, 0.3) is 0 Å². The molecule has 0 saturated carbocycles. The lowest BCUT2D eigenvalue weighted by Gasteiger charge is -2.23. The number of thioether (sulfide) groups is 1. The lowest BCUT2D eigenvalue weighted by Crippen LogP contribution is -2.41. The number of hydrogen-bond acceptors (Lipinski definition) is 4. The van der Waals surface area contributed by atoms with Crippen LogP contribution in [0.4, 0.5) is 5.69 Å². The molecular formula is C20H25ClN2O3S2. The smallest absolute Gasteiger partial charge is 0.240 e. The number of hydrogen-bond donors (Lipinski definition) is 1. The molecule has 5 nitrogen and oxygen atoms in total. The molecule has 1 amide bonds. The highest BCUT2D eigenvalue weighted by Crippen LogP contribution is 2.22. The summed E-state index contributed by atoms with van der Waals surface area (Å²) < 4.78 is 25.4. The van der Waals surface area contributed by atoms with Crippen molar-refractivity contribution < 1.29 is 13.2 Å². The summed E-state index contributed by atoms with van der Waals surface area (Å²) in [6.07, 6.45) is 1.90. The van der Waals surface area contributed by atoms with Crippen molar-refractivity contribution in [2.45, 2.75) is 19.1 Å². The molecule has 2 aromatic carbocycles. The van der Waals surface area contributed by atoms with Crippen LogP contribution in [0.1, 0.15) is 17.5 Å². The minimum absolute atomic E-state index is 0.226. The number of amides is 1. The van der Waals surface area contributed by atoms with Gasteiger partial charge in [-0.05, 0) is 42.4 Å². The van der Waals surface area contributed by atoms with Crippen molar-refractivity contribution >= 4 is 45.0 Å². The highest BCUT2D eigenvalue weighted by molar-refractivity contribution is 7.98. The van der Waals surface area contributed by atoms with Gasteiger partial charge in [0.25, 0.3) is 0 Å². The number of para-hydroxylation sites is 1. The van der Waals surface area contributed by atoms with Crippen molar-refractivity contribution in [1.29, 1.82) is 0 Å². The van der Waals surface area contributed by atoms with Crippen LogP contribution < -0.4 is 9.62 Å². The number of sulfonamides is 1. The van der Waals surface area contributed by atoms with E-state index in [2.05, 4.69) is 5.32 Å². The molecule has 8 heteroatoms. The fourth-order valence-electron chi connectivity index (χ4n) is 2.61. The molecule has 2 aromatic rings. The van der Waals surface area contributed by atoms with E-state index in [0.29, 0.717) is 12.2 Å². The Bertz CT molecular complexity index is 904. The van der Waals surface area contributed by atoms with Crippen molar-refractivity contribution in [3.05, 3.63) is 64.7 Å². The molecule has 0 bridgehead atoms. The van der Waals surface area contributed by atoms with Crippen LogP contribution in [-0.2, 0) is 20.6 Å². The van der Waals surface area contributed by atoms with Crippen LogP contribution in [0.15, 0.2) is 48.5 Å². The number of carbonyl (C=O) groups is 1. The van der Waals surface area contributed by atoms with E-state index in [1.807, 2.05) is 43.3 Å². The van der Waals surface area contributed by atoms with Gasteiger partial charge in [0.2, 0.25) is 15.9 Å². The molecule has 152 valence electrons. The predicted molar refractivity (Wildman–Crippen MR) is 119 cm³/mol. The van der Waals surface area contributed by atoms with Gasteiger partial charge in [0.1, 0.15) is 6.54 Å². The van der Waals surface area contributed by atoms with Gasteiger partial charge in [0.05, 0.1) is 11.9 Å². The van der Waals surface area contributed by atoms with Crippen LogP contribution in [0, 0.1) is 6.92 Å². The van der Waals surface area contributed by atoms with Crippen LogP contribution in [-0.4, -0.2) is 39.4 Å². The fourth-order valence-corrected chi connectivity index (χ4v) is 4.77. The summed E-state index contributed by atoms with van der Waals surface area (Å²) in [5.74, 6) is 1.38. The zero-order valence-corrected chi connectivity index (χ0v) is 18.4. The van der Waals surface area contributed by atoms with E-state index >= 15 is 0 Å². The summed E-state index contributed by atoms with van der Waals surface area (Å²) >= 11 is 7.88. The molecule has 0 unspecified atom stereocenters. The monoisotopic (exact) mass is 440 g/mol. The maximum Gasteiger partial charge on any atom is 0.240 e. The molecule has 0 saturated heterocycles. The van der Waals surface area contributed by atoms with E-state index in [0.717, 1.165) is 44.6 Å². The third kappa shape index (κ3) is 7.04. The zero-order chi connectivity index (χ0) is 20.6. The zero-order valence-electron chi connectivity index (χ0n) is 16.0. The topological polar surface area (TPSA) is 66.5 Å². The number of nitrogens with one attached hydrogen (secondary N) is 1. The van der Waals surface area contributed by atoms with Crippen molar-refractivity contribution in [3.63, 3.8) is 0 Å². The van der Waals surface area contributed by atoms with Gasteiger partial charge < -0.3 is 5.32 Å². The Morgan fingerprint density at radius 3 is 2.50 bits per heavy atom. The molecule has 0 atom stereocenters.